The molecule has 0 atom stereocenters. The molecule has 1 aliphatic heterocycles. The zero-order valence-corrected chi connectivity index (χ0v) is 22.2. The second-order valence-electron chi connectivity index (χ2n) is 8.64. The van der Waals surface area contributed by atoms with Crippen LogP contribution in [0.3, 0.4) is 0 Å². The van der Waals surface area contributed by atoms with Gasteiger partial charge >= 0.3 is 11.9 Å². The maximum atomic E-state index is 13.7. The number of rotatable bonds is 7. The van der Waals surface area contributed by atoms with E-state index < -0.39 is 17.7 Å². The molecule has 11 nitrogen and oxygen atoms in total. The van der Waals surface area contributed by atoms with Crippen molar-refractivity contribution < 1.29 is 33.4 Å². The first-order chi connectivity index (χ1) is 19.3. The maximum Gasteiger partial charge on any atom is 0.324 e. The predicted molar refractivity (Wildman–Crippen MR) is 143 cm³/mol. The summed E-state index contributed by atoms with van der Waals surface area (Å²) in [6.07, 6.45) is 4.48. The number of halogens is 2. The molecule has 0 amide bonds. The smallest absolute Gasteiger partial charge is 0.324 e. The third-order valence-electron chi connectivity index (χ3n) is 5.67. The summed E-state index contributed by atoms with van der Waals surface area (Å²) in [6.45, 7) is 4.58. The van der Waals surface area contributed by atoms with Gasteiger partial charge in [0.25, 0.3) is 6.20 Å². The summed E-state index contributed by atoms with van der Waals surface area (Å²) in [4.78, 5) is 20.2. The summed E-state index contributed by atoms with van der Waals surface area (Å²) in [5.74, 6) is -1.69. The van der Waals surface area contributed by atoms with Gasteiger partial charge in [-0.2, -0.15) is 0 Å². The highest BCUT2D eigenvalue weighted by Crippen LogP contribution is 2.30. The lowest BCUT2D eigenvalue weighted by Gasteiger charge is -2.18. The largest absolute Gasteiger partial charge is 0.858 e. The molecule has 5 rings (SSSR count). The fraction of sp³-hybridized carbons (Fsp3) is 0.222. The van der Waals surface area contributed by atoms with E-state index in [0.717, 1.165) is 5.56 Å². The van der Waals surface area contributed by atoms with E-state index in [4.69, 9.17) is 26.0 Å². The van der Waals surface area contributed by atoms with Crippen LogP contribution in [0.4, 0.5) is 21.6 Å². The molecule has 2 aromatic carbocycles. The number of nitrogens with one attached hydrogen (secondary N) is 1. The number of carboxylic acid groups (broad SMARTS) is 1. The second kappa shape index (κ2) is 13.5. The Morgan fingerprint density at radius 1 is 1.25 bits per heavy atom. The number of anilines is 2. The fourth-order valence-electron chi connectivity index (χ4n) is 3.73. The van der Waals surface area contributed by atoms with Gasteiger partial charge in [0.05, 0.1) is 48.2 Å². The average Bonchev–Trinajstić information content (AvgIpc) is 3.41. The molecule has 1 saturated heterocycles. The summed E-state index contributed by atoms with van der Waals surface area (Å²) in [5, 5.41) is 29.7. The lowest BCUT2D eigenvalue weighted by atomic mass is 10.1. The number of carbonyl (C=O) groups is 1. The van der Waals surface area contributed by atoms with Crippen molar-refractivity contribution >= 4 is 40.7 Å². The number of nitrogens with zero attached hydrogens (tertiary/aromatic N) is 5. The van der Waals surface area contributed by atoms with E-state index in [1.165, 1.54) is 23.1 Å². The molecule has 2 N–H and O–H groups in total. The lowest BCUT2D eigenvalue weighted by molar-refractivity contribution is -0.759. The molecule has 0 bridgehead atoms. The highest BCUT2D eigenvalue weighted by atomic mass is 35.5. The molecular weight excluding hydrogens is 543 g/mol. The first-order valence-corrected chi connectivity index (χ1v) is 12.6. The van der Waals surface area contributed by atoms with E-state index >= 15 is 0 Å². The number of para-hydroxylation sites is 1. The highest BCUT2D eigenvalue weighted by molar-refractivity contribution is 6.33. The minimum atomic E-state index is -0.946. The van der Waals surface area contributed by atoms with Gasteiger partial charge in [-0.3, -0.25) is 14.3 Å². The van der Waals surface area contributed by atoms with Crippen LogP contribution in [0.25, 0.3) is 0 Å². The Kier molecular flexibility index (Phi) is 9.60. The molecule has 208 valence electrons. The molecule has 4 aromatic rings. The van der Waals surface area contributed by atoms with Gasteiger partial charge in [0, 0.05) is 29.5 Å². The Morgan fingerprint density at radius 2 is 2.05 bits per heavy atom. The van der Waals surface area contributed by atoms with Crippen LogP contribution in [-0.2, 0) is 16.0 Å². The predicted octanol–water partition coefficient (Wildman–Crippen LogP) is 2.92. The number of aliphatic imine (C=N–C) groups is 1. The second-order valence-corrected chi connectivity index (χ2v) is 9.05. The number of aromatic nitrogens is 3. The number of pyridine rings is 1. The number of carboxylic acids is 1. The Morgan fingerprint density at radius 3 is 2.75 bits per heavy atom. The molecule has 3 heterocycles. The Balaban J connectivity index is 0.000000185. The van der Waals surface area contributed by atoms with Gasteiger partial charge < -0.3 is 20.3 Å². The van der Waals surface area contributed by atoms with Gasteiger partial charge in [-0.25, -0.2) is 9.38 Å². The third kappa shape index (κ3) is 7.74. The van der Waals surface area contributed by atoms with Crippen LogP contribution in [-0.4, -0.2) is 53.5 Å². The number of aliphatic carboxylic acids is 1. The van der Waals surface area contributed by atoms with Crippen molar-refractivity contribution in [3.63, 3.8) is 0 Å². The zero-order chi connectivity index (χ0) is 28.5. The fourth-order valence-corrected chi connectivity index (χ4v) is 3.94. The van der Waals surface area contributed by atoms with Crippen LogP contribution >= 0.6 is 11.6 Å². The minimum absolute atomic E-state index is 0.143. The molecule has 1 aliphatic rings. The van der Waals surface area contributed by atoms with Crippen molar-refractivity contribution in [2.45, 2.75) is 13.3 Å². The van der Waals surface area contributed by atoms with Crippen LogP contribution in [0.2, 0.25) is 5.02 Å². The maximum absolute atomic E-state index is 13.7. The quantitative estimate of drug-likeness (QED) is 0.196. The Hall–Kier alpha value is -4.55. The molecule has 0 unspecified atom stereocenters. The van der Waals surface area contributed by atoms with Gasteiger partial charge in [0.2, 0.25) is 5.27 Å². The standard InChI is InChI=1S/C15H13ClFNO2.C12H13N5O3/c1-9-5-6-13(10(7-9)8-14(19)20)18-15-11(16)3-2-4-12(15)17;18-12(10-2-1-3-13-8-10)14-11-9-17(15-20-11)16-4-6-19-7-5-16/h2-7,18H,8H2,1H3,(H,19,20);1-3,8-9H,4-7H2. The Bertz CT molecular complexity index is 1460. The number of morpholine rings is 1. The van der Waals surface area contributed by atoms with E-state index in [2.05, 4.69) is 20.6 Å². The topological polar surface area (TPSA) is 140 Å². The number of ether oxygens (including phenoxy) is 1. The highest BCUT2D eigenvalue weighted by Gasteiger charge is 2.22. The normalized spacial score (nSPS) is 13.4. The third-order valence-corrected chi connectivity index (χ3v) is 5.98. The summed E-state index contributed by atoms with van der Waals surface area (Å²) >= 11 is 5.95. The molecule has 0 saturated carbocycles. The molecule has 1 fully saturated rings. The number of aryl methyl sites for hydroxylation is 1. The summed E-state index contributed by atoms with van der Waals surface area (Å²) in [5.41, 5.74) is 2.60. The van der Waals surface area contributed by atoms with Crippen molar-refractivity contribution in [2.24, 2.45) is 4.99 Å². The molecule has 0 spiro atoms. The van der Waals surface area contributed by atoms with E-state index in [0.29, 0.717) is 43.1 Å². The van der Waals surface area contributed by atoms with Crippen molar-refractivity contribution in [1.82, 2.24) is 10.3 Å². The van der Waals surface area contributed by atoms with Crippen LogP contribution in [0, 0.1) is 12.7 Å². The van der Waals surface area contributed by atoms with E-state index in [9.17, 15) is 14.3 Å². The number of hydrogen-bond donors (Lipinski definition) is 2. The lowest BCUT2D eigenvalue weighted by Crippen LogP contribution is -2.62. The number of hydrogen-bond acceptors (Lipinski definition) is 9. The molecule has 13 heteroatoms. The van der Waals surface area contributed by atoms with Crippen LogP contribution in [0.1, 0.15) is 16.7 Å². The van der Waals surface area contributed by atoms with E-state index in [1.54, 1.807) is 42.7 Å². The molecule has 0 aliphatic carbocycles. The summed E-state index contributed by atoms with van der Waals surface area (Å²) < 4.78 is 24.0. The first-order valence-electron chi connectivity index (χ1n) is 12.2. The van der Waals surface area contributed by atoms with Crippen molar-refractivity contribution in [2.75, 3.05) is 36.6 Å². The minimum Gasteiger partial charge on any atom is -0.858 e. The van der Waals surface area contributed by atoms with Crippen LogP contribution < -0.4 is 20.2 Å². The van der Waals surface area contributed by atoms with E-state index in [-0.39, 0.29) is 23.0 Å². The van der Waals surface area contributed by atoms with E-state index in [1.807, 2.05) is 18.0 Å². The zero-order valence-electron chi connectivity index (χ0n) is 21.5. The molecular formula is C27H26ClFN6O5. The monoisotopic (exact) mass is 568 g/mol. The van der Waals surface area contributed by atoms with Crippen LogP contribution in [0.15, 0.2) is 76.6 Å². The first kappa shape index (κ1) is 28.5. The SMILES string of the molecule is Cc1ccc(Nc2c(F)cccc2Cl)c(CC(=O)O)c1.[O-]/C(=N\c1c[n+](N2CCOCC2)no1)c1cccnc1. The summed E-state index contributed by atoms with van der Waals surface area (Å²) in [6, 6.07) is 13.0. The number of benzene rings is 2. The van der Waals surface area contributed by atoms with Gasteiger partial charge in [-0.05, 0) is 36.8 Å². The van der Waals surface area contributed by atoms with Gasteiger partial charge in [0.1, 0.15) is 5.82 Å². The molecule has 40 heavy (non-hydrogen) atoms. The van der Waals surface area contributed by atoms with Crippen molar-refractivity contribution in [3.05, 3.63) is 94.7 Å². The molecule has 2 aromatic heterocycles. The van der Waals surface area contributed by atoms with Crippen LogP contribution in [0.5, 0.6) is 0 Å². The van der Waals surface area contributed by atoms with Gasteiger partial charge in [-0.1, -0.05) is 41.4 Å². The molecule has 0 radical (unpaired) electrons. The van der Waals surface area contributed by atoms with Gasteiger partial charge in [0.15, 0.2) is 0 Å². The average molecular weight is 569 g/mol. The van der Waals surface area contributed by atoms with Gasteiger partial charge in [-0.15, -0.1) is 5.01 Å². The van der Waals surface area contributed by atoms with Crippen molar-refractivity contribution in [3.8, 4) is 0 Å². The van der Waals surface area contributed by atoms with Crippen molar-refractivity contribution in [1.29, 1.82) is 0 Å². The summed E-state index contributed by atoms with van der Waals surface area (Å²) in [7, 11) is 0. The Labute approximate surface area is 234 Å².